The van der Waals surface area contributed by atoms with Crippen LogP contribution in [0.15, 0.2) is 164 Å². The molecular weight excluding hydrogens is 699 g/mol. The van der Waals surface area contributed by atoms with Gasteiger partial charge in [0.2, 0.25) is 0 Å². The molecule has 0 radical (unpaired) electrons. The molecule has 0 amide bonds. The lowest BCUT2D eigenvalue weighted by Crippen LogP contribution is -2.15. The van der Waals surface area contributed by atoms with E-state index in [4.69, 9.17) is 19.7 Å². The zero-order valence-corrected chi connectivity index (χ0v) is 31.8. The van der Waals surface area contributed by atoms with Gasteiger partial charge in [0.15, 0.2) is 5.82 Å². The predicted molar refractivity (Wildman–Crippen MR) is 232 cm³/mol. The zero-order valence-electron chi connectivity index (χ0n) is 31.8. The maximum Gasteiger partial charge on any atom is 0.162 e. The second kappa shape index (κ2) is 12.6. The van der Waals surface area contributed by atoms with Gasteiger partial charge in [0.1, 0.15) is 22.9 Å². The molecule has 0 saturated heterocycles. The molecule has 1 N–H and O–H groups in total. The largest absolute Gasteiger partial charge is 0.494 e. The molecule has 7 aromatic carbocycles. The molecule has 0 bridgehead atoms. The fraction of sp³-hybridized carbons (Fsp3) is 0.0784. The predicted octanol–water partition coefficient (Wildman–Crippen LogP) is 12.4. The van der Waals surface area contributed by atoms with Crippen LogP contribution >= 0.6 is 0 Å². The van der Waals surface area contributed by atoms with Crippen LogP contribution in [-0.4, -0.2) is 31.6 Å². The van der Waals surface area contributed by atoms with Gasteiger partial charge in [0.25, 0.3) is 0 Å². The zero-order chi connectivity index (χ0) is 38.3. The first-order chi connectivity index (χ1) is 27.9. The summed E-state index contributed by atoms with van der Waals surface area (Å²) in [6.45, 7) is 4.68. The summed E-state index contributed by atoms with van der Waals surface area (Å²) in [5, 5.41) is 2.36. The van der Waals surface area contributed by atoms with Crippen LogP contribution in [0.3, 0.4) is 0 Å². The highest BCUT2D eigenvalue weighted by Gasteiger charge is 2.36. The number of nitrogens with zero attached hydrogens (tertiary/aromatic N) is 4. The minimum atomic E-state index is -0.157. The Morgan fingerprint density at radius 3 is 2.02 bits per heavy atom. The van der Waals surface area contributed by atoms with E-state index in [9.17, 15) is 0 Å². The highest BCUT2D eigenvalue weighted by Crippen LogP contribution is 2.51. The van der Waals surface area contributed by atoms with Crippen molar-refractivity contribution in [2.24, 2.45) is 0 Å². The first kappa shape index (κ1) is 33.1. The van der Waals surface area contributed by atoms with Crippen molar-refractivity contribution in [3.05, 3.63) is 175 Å². The van der Waals surface area contributed by atoms with Gasteiger partial charge < -0.3 is 9.72 Å². The summed E-state index contributed by atoms with van der Waals surface area (Å²) in [7, 11) is 1.68. The van der Waals surface area contributed by atoms with Crippen LogP contribution in [0, 0.1) is 0 Å². The average Bonchev–Trinajstić information content (AvgIpc) is 3.92. The summed E-state index contributed by atoms with van der Waals surface area (Å²) in [5.74, 6) is 3.11. The Hall–Kier alpha value is -7.31. The highest BCUT2D eigenvalue weighted by molar-refractivity contribution is 6.12. The van der Waals surface area contributed by atoms with E-state index in [1.807, 2.05) is 42.5 Å². The molecule has 0 saturated carbocycles. The Morgan fingerprint density at radius 2 is 1.23 bits per heavy atom. The van der Waals surface area contributed by atoms with Gasteiger partial charge >= 0.3 is 0 Å². The van der Waals surface area contributed by atoms with Gasteiger partial charge in [-0.3, -0.25) is 4.57 Å². The number of fused-ring (bicyclic) bond motifs is 7. The maximum absolute atomic E-state index is 5.57. The summed E-state index contributed by atoms with van der Waals surface area (Å²) in [5.41, 5.74) is 15.3. The van der Waals surface area contributed by atoms with Crippen molar-refractivity contribution in [1.82, 2.24) is 24.5 Å². The summed E-state index contributed by atoms with van der Waals surface area (Å²) >= 11 is 0. The molecule has 3 heterocycles. The van der Waals surface area contributed by atoms with Gasteiger partial charge in [-0.05, 0) is 69.8 Å². The molecule has 0 fully saturated rings. The van der Waals surface area contributed by atoms with Crippen LogP contribution in [0.1, 0.15) is 25.0 Å². The minimum Gasteiger partial charge on any atom is -0.494 e. The smallest absolute Gasteiger partial charge is 0.162 e. The maximum atomic E-state index is 5.57. The van der Waals surface area contributed by atoms with Crippen LogP contribution in [0.4, 0.5) is 0 Å². The number of ether oxygens (including phenoxy) is 1. The molecular formula is C51H37N5O. The third-order valence-corrected chi connectivity index (χ3v) is 11.7. The Kier molecular flexibility index (Phi) is 7.32. The van der Waals surface area contributed by atoms with Gasteiger partial charge in [-0.1, -0.05) is 135 Å². The van der Waals surface area contributed by atoms with Crippen LogP contribution in [-0.2, 0) is 5.41 Å². The fourth-order valence-electron chi connectivity index (χ4n) is 8.79. The Labute approximate surface area is 330 Å². The lowest BCUT2D eigenvalue weighted by Gasteiger charge is -2.21. The number of hydrogen-bond donors (Lipinski definition) is 1. The van der Waals surface area contributed by atoms with Crippen LogP contribution < -0.4 is 4.74 Å². The Balaban J connectivity index is 1.12. The molecule has 1 aliphatic rings. The van der Waals surface area contributed by atoms with Crippen molar-refractivity contribution < 1.29 is 4.74 Å². The SMILES string of the molecule is COc1cccc2nc(-c3ccc(-c4ccc5c(c4)c4cc6c(cc4n5-c4cc(-c5ccccc5)nc(-c5ccccc5)n4)C(C)(C)c4ccccc4-6)cc3)[nH]c12. The van der Waals surface area contributed by atoms with Crippen LogP contribution in [0.5, 0.6) is 5.75 Å². The van der Waals surface area contributed by atoms with Gasteiger partial charge in [0, 0.05) is 38.9 Å². The van der Waals surface area contributed by atoms with Gasteiger partial charge in [-0.25, -0.2) is 15.0 Å². The molecule has 0 aliphatic heterocycles. The molecule has 0 atom stereocenters. The number of methoxy groups -OCH3 is 1. The second-order valence-electron chi connectivity index (χ2n) is 15.3. The minimum absolute atomic E-state index is 0.157. The average molecular weight is 736 g/mol. The van der Waals surface area contributed by atoms with Crippen LogP contribution in [0.25, 0.3) is 94.9 Å². The van der Waals surface area contributed by atoms with E-state index in [2.05, 4.69) is 145 Å². The lowest BCUT2D eigenvalue weighted by molar-refractivity contribution is 0.419. The van der Waals surface area contributed by atoms with E-state index in [1.165, 1.54) is 33.0 Å². The van der Waals surface area contributed by atoms with Gasteiger partial charge in [-0.15, -0.1) is 0 Å². The quantitative estimate of drug-likeness (QED) is 0.185. The first-order valence-electron chi connectivity index (χ1n) is 19.3. The summed E-state index contributed by atoms with van der Waals surface area (Å²) < 4.78 is 7.91. The van der Waals surface area contributed by atoms with E-state index in [1.54, 1.807) is 7.11 Å². The standard InChI is InChI=1S/C51H37N5O/c1-51(2)40-18-11-10-17-36(40)37-28-39-38-27-35(31-21-23-34(24-22-31)50-52-42-19-12-20-46(57-3)48(42)55-50)25-26-44(38)56(45(39)29-41(37)51)47-30-43(32-13-6-4-7-14-32)53-49(54-47)33-15-8-5-9-16-33/h4-30H,1-3H3,(H,52,55). The van der Waals surface area contributed by atoms with Gasteiger partial charge in [0.05, 0.1) is 29.4 Å². The monoisotopic (exact) mass is 735 g/mol. The number of benzene rings is 7. The molecule has 0 unspecified atom stereocenters. The molecule has 1 aliphatic carbocycles. The number of nitrogens with one attached hydrogen (secondary N) is 1. The molecule has 10 aromatic rings. The number of imidazole rings is 1. The van der Waals surface area contributed by atoms with Crippen molar-refractivity contribution in [3.8, 4) is 67.9 Å². The number of para-hydroxylation sites is 1. The second-order valence-corrected chi connectivity index (χ2v) is 15.3. The number of hydrogen-bond acceptors (Lipinski definition) is 4. The third kappa shape index (κ3) is 5.21. The van der Waals surface area contributed by atoms with Crippen molar-refractivity contribution in [2.75, 3.05) is 7.11 Å². The summed E-state index contributed by atoms with van der Waals surface area (Å²) in [6, 6.07) is 57.8. The van der Waals surface area contributed by atoms with Crippen molar-refractivity contribution in [1.29, 1.82) is 0 Å². The number of H-pyrrole nitrogens is 1. The molecule has 3 aromatic heterocycles. The normalized spacial score (nSPS) is 13.0. The van der Waals surface area contributed by atoms with Crippen molar-refractivity contribution >= 4 is 32.8 Å². The molecule has 6 nitrogen and oxygen atoms in total. The summed E-state index contributed by atoms with van der Waals surface area (Å²) in [6.07, 6.45) is 0. The van der Waals surface area contributed by atoms with E-state index in [0.29, 0.717) is 5.82 Å². The van der Waals surface area contributed by atoms with Crippen molar-refractivity contribution in [3.63, 3.8) is 0 Å². The third-order valence-electron chi connectivity index (χ3n) is 11.7. The van der Waals surface area contributed by atoms with Gasteiger partial charge in [-0.2, -0.15) is 0 Å². The molecule has 272 valence electrons. The Morgan fingerprint density at radius 1 is 0.526 bits per heavy atom. The first-order valence-corrected chi connectivity index (χ1v) is 19.3. The van der Waals surface area contributed by atoms with E-state index in [0.717, 1.165) is 73.0 Å². The molecule has 6 heteroatoms. The summed E-state index contributed by atoms with van der Waals surface area (Å²) in [4.78, 5) is 18.8. The topological polar surface area (TPSA) is 68.6 Å². The fourth-order valence-corrected chi connectivity index (χ4v) is 8.79. The van der Waals surface area contributed by atoms with Crippen molar-refractivity contribution in [2.45, 2.75) is 19.3 Å². The van der Waals surface area contributed by atoms with E-state index >= 15 is 0 Å². The lowest BCUT2D eigenvalue weighted by atomic mass is 9.82. The molecule has 57 heavy (non-hydrogen) atoms. The van der Waals surface area contributed by atoms with E-state index in [-0.39, 0.29) is 5.41 Å². The number of rotatable bonds is 6. The molecule has 0 spiro atoms. The highest BCUT2D eigenvalue weighted by atomic mass is 16.5. The van der Waals surface area contributed by atoms with E-state index < -0.39 is 0 Å². The number of aromatic nitrogens is 5. The molecule has 11 rings (SSSR count). The number of aromatic amines is 1. The van der Waals surface area contributed by atoms with Crippen LogP contribution in [0.2, 0.25) is 0 Å². The Bertz CT molecular complexity index is 3120.